The Morgan fingerprint density at radius 2 is 1.76 bits per heavy atom. The normalized spacial score (nSPS) is 25.4. The molecule has 3 aliphatic heterocycles. The minimum Gasteiger partial charge on any atom is -0.481 e. The molecule has 4 rings (SSSR count). The minimum absolute atomic E-state index is 0.225. The number of carbonyl (C=O) groups is 2. The standard InChI is InChI=1S/C18H24N4O3/c23-17-6-5-16(18(24)20-17)25-15-3-1-13(2-4-15)22-11-14(12-22)21-9-7-19-8-10-21/h1-4,14,16,19H,5-12H2,(H,20,23,24). The molecule has 0 radical (unpaired) electrons. The van der Waals surface area contributed by atoms with E-state index in [1.165, 1.54) is 5.69 Å². The number of anilines is 1. The average molecular weight is 344 g/mol. The number of benzene rings is 1. The molecule has 3 saturated heterocycles. The summed E-state index contributed by atoms with van der Waals surface area (Å²) in [6, 6.07) is 8.53. The Bertz CT molecular complexity index is 636. The quantitative estimate of drug-likeness (QED) is 0.747. The molecule has 1 atom stereocenters. The second-order valence-corrected chi connectivity index (χ2v) is 6.90. The van der Waals surface area contributed by atoms with E-state index < -0.39 is 6.10 Å². The number of carbonyl (C=O) groups excluding carboxylic acids is 2. The summed E-state index contributed by atoms with van der Waals surface area (Å²) in [5, 5.41) is 5.70. The van der Waals surface area contributed by atoms with Crippen molar-refractivity contribution in [2.45, 2.75) is 25.0 Å². The molecular formula is C18H24N4O3. The van der Waals surface area contributed by atoms with Gasteiger partial charge in [0, 0.05) is 63.8 Å². The molecule has 0 aromatic heterocycles. The van der Waals surface area contributed by atoms with Gasteiger partial charge < -0.3 is 15.0 Å². The molecule has 1 unspecified atom stereocenters. The Balaban J connectivity index is 1.29. The third-order valence-corrected chi connectivity index (χ3v) is 5.20. The van der Waals surface area contributed by atoms with E-state index >= 15 is 0 Å². The first-order chi connectivity index (χ1) is 12.2. The Hall–Kier alpha value is -2.12. The molecule has 2 amide bonds. The van der Waals surface area contributed by atoms with E-state index in [0.29, 0.717) is 24.6 Å². The number of nitrogens with zero attached hydrogens (tertiary/aromatic N) is 2. The highest BCUT2D eigenvalue weighted by Gasteiger charge is 2.32. The summed E-state index contributed by atoms with van der Waals surface area (Å²) in [5.41, 5.74) is 1.18. The van der Waals surface area contributed by atoms with E-state index in [0.717, 1.165) is 39.3 Å². The van der Waals surface area contributed by atoms with E-state index in [4.69, 9.17) is 4.74 Å². The lowest BCUT2D eigenvalue weighted by Crippen LogP contribution is -2.62. The van der Waals surface area contributed by atoms with Gasteiger partial charge in [0.1, 0.15) is 5.75 Å². The largest absolute Gasteiger partial charge is 0.481 e. The number of imide groups is 1. The molecule has 1 aromatic carbocycles. The first-order valence-corrected chi connectivity index (χ1v) is 8.99. The van der Waals surface area contributed by atoms with E-state index in [-0.39, 0.29) is 11.8 Å². The van der Waals surface area contributed by atoms with Crippen LogP contribution in [0, 0.1) is 0 Å². The molecule has 0 bridgehead atoms. The molecule has 1 aromatic rings. The lowest BCUT2D eigenvalue weighted by atomic mass is 10.0. The number of nitrogens with one attached hydrogen (secondary N) is 2. The number of ether oxygens (including phenoxy) is 1. The van der Waals surface area contributed by atoms with E-state index in [1.807, 2.05) is 24.3 Å². The molecule has 134 valence electrons. The highest BCUT2D eigenvalue weighted by molar-refractivity contribution is 5.99. The van der Waals surface area contributed by atoms with Crippen LogP contribution in [0.4, 0.5) is 5.69 Å². The van der Waals surface area contributed by atoms with Crippen molar-refractivity contribution >= 4 is 17.5 Å². The van der Waals surface area contributed by atoms with Gasteiger partial charge in [-0.3, -0.25) is 19.8 Å². The van der Waals surface area contributed by atoms with Crippen molar-refractivity contribution in [1.29, 1.82) is 0 Å². The maximum absolute atomic E-state index is 11.8. The van der Waals surface area contributed by atoms with Crippen molar-refractivity contribution in [2.75, 3.05) is 44.2 Å². The van der Waals surface area contributed by atoms with Gasteiger partial charge in [-0.1, -0.05) is 0 Å². The summed E-state index contributed by atoms with van der Waals surface area (Å²) < 4.78 is 5.72. The smallest absolute Gasteiger partial charge is 0.267 e. The van der Waals surface area contributed by atoms with Crippen LogP contribution in [0.2, 0.25) is 0 Å². The number of rotatable bonds is 4. The van der Waals surface area contributed by atoms with Crippen molar-refractivity contribution < 1.29 is 14.3 Å². The summed E-state index contributed by atoms with van der Waals surface area (Å²) in [5.74, 6) is 0.0939. The second kappa shape index (κ2) is 7.01. The van der Waals surface area contributed by atoms with Gasteiger partial charge in [-0.05, 0) is 24.3 Å². The van der Waals surface area contributed by atoms with Crippen molar-refractivity contribution in [3.8, 4) is 5.75 Å². The molecule has 25 heavy (non-hydrogen) atoms. The van der Waals surface area contributed by atoms with Gasteiger partial charge in [-0.25, -0.2) is 0 Å². The topological polar surface area (TPSA) is 73.9 Å². The summed E-state index contributed by atoms with van der Waals surface area (Å²) in [6.45, 7) is 6.57. The van der Waals surface area contributed by atoms with Crippen LogP contribution in [0.1, 0.15) is 12.8 Å². The third kappa shape index (κ3) is 3.62. The van der Waals surface area contributed by atoms with Crippen LogP contribution in [0.25, 0.3) is 0 Å². The van der Waals surface area contributed by atoms with Crippen LogP contribution in [0.5, 0.6) is 5.75 Å². The second-order valence-electron chi connectivity index (χ2n) is 6.90. The molecule has 3 aliphatic rings. The summed E-state index contributed by atoms with van der Waals surface area (Å²) in [4.78, 5) is 27.8. The fraction of sp³-hybridized carbons (Fsp3) is 0.556. The van der Waals surface area contributed by atoms with Crippen molar-refractivity contribution in [3.63, 3.8) is 0 Å². The van der Waals surface area contributed by atoms with Gasteiger partial charge in [-0.2, -0.15) is 0 Å². The van der Waals surface area contributed by atoms with Gasteiger partial charge in [0.05, 0.1) is 0 Å². The van der Waals surface area contributed by atoms with Gasteiger partial charge in [0.25, 0.3) is 5.91 Å². The van der Waals surface area contributed by atoms with Crippen LogP contribution < -0.4 is 20.3 Å². The van der Waals surface area contributed by atoms with Crippen LogP contribution >= 0.6 is 0 Å². The van der Waals surface area contributed by atoms with Gasteiger partial charge in [-0.15, -0.1) is 0 Å². The summed E-state index contributed by atoms with van der Waals surface area (Å²) in [7, 11) is 0. The number of amides is 2. The molecule has 0 aliphatic carbocycles. The zero-order valence-corrected chi connectivity index (χ0v) is 14.2. The van der Waals surface area contributed by atoms with E-state index in [1.54, 1.807) is 0 Å². The van der Waals surface area contributed by atoms with Gasteiger partial charge >= 0.3 is 0 Å². The fourth-order valence-corrected chi connectivity index (χ4v) is 3.63. The van der Waals surface area contributed by atoms with E-state index in [9.17, 15) is 9.59 Å². The first-order valence-electron chi connectivity index (χ1n) is 8.99. The van der Waals surface area contributed by atoms with Crippen molar-refractivity contribution in [1.82, 2.24) is 15.5 Å². The monoisotopic (exact) mass is 344 g/mol. The molecular weight excluding hydrogens is 320 g/mol. The Labute approximate surface area is 147 Å². The van der Waals surface area contributed by atoms with Crippen LogP contribution in [-0.2, 0) is 9.59 Å². The average Bonchev–Trinajstić information content (AvgIpc) is 2.58. The molecule has 3 heterocycles. The van der Waals surface area contributed by atoms with Gasteiger partial charge in [0.15, 0.2) is 6.10 Å². The summed E-state index contributed by atoms with van der Waals surface area (Å²) >= 11 is 0. The maximum atomic E-state index is 11.8. The maximum Gasteiger partial charge on any atom is 0.267 e. The number of hydrogen-bond acceptors (Lipinski definition) is 6. The fourth-order valence-electron chi connectivity index (χ4n) is 3.63. The number of hydrogen-bond donors (Lipinski definition) is 2. The van der Waals surface area contributed by atoms with Crippen LogP contribution in [0.15, 0.2) is 24.3 Å². The SMILES string of the molecule is O=C1CCC(Oc2ccc(N3CC(N4CCNCC4)C3)cc2)C(=O)N1. The predicted octanol–water partition coefficient (Wildman–Crippen LogP) is -0.0356. The third-order valence-electron chi connectivity index (χ3n) is 5.20. The zero-order chi connectivity index (χ0) is 17.2. The Morgan fingerprint density at radius 3 is 2.44 bits per heavy atom. The number of piperidine rings is 1. The van der Waals surface area contributed by atoms with Crippen LogP contribution in [-0.4, -0.2) is 68.1 Å². The number of piperazine rings is 1. The van der Waals surface area contributed by atoms with Crippen molar-refractivity contribution in [3.05, 3.63) is 24.3 Å². The highest BCUT2D eigenvalue weighted by Crippen LogP contribution is 2.27. The molecule has 2 N–H and O–H groups in total. The predicted molar refractivity (Wildman–Crippen MR) is 93.7 cm³/mol. The zero-order valence-electron chi connectivity index (χ0n) is 14.2. The summed E-state index contributed by atoms with van der Waals surface area (Å²) in [6.07, 6.45) is 0.185. The highest BCUT2D eigenvalue weighted by atomic mass is 16.5. The van der Waals surface area contributed by atoms with Crippen molar-refractivity contribution in [2.24, 2.45) is 0 Å². The lowest BCUT2D eigenvalue weighted by molar-refractivity contribution is -0.138. The molecule has 3 fully saturated rings. The van der Waals surface area contributed by atoms with Crippen LogP contribution in [0.3, 0.4) is 0 Å². The first kappa shape index (κ1) is 16.4. The molecule has 0 saturated carbocycles. The Morgan fingerprint density at radius 1 is 1.04 bits per heavy atom. The molecule has 7 heteroatoms. The Kier molecular flexibility index (Phi) is 4.59. The lowest BCUT2D eigenvalue weighted by Gasteiger charge is -2.48. The minimum atomic E-state index is -0.579. The molecule has 7 nitrogen and oxygen atoms in total. The molecule has 0 spiro atoms. The van der Waals surface area contributed by atoms with E-state index in [2.05, 4.69) is 20.4 Å². The van der Waals surface area contributed by atoms with Gasteiger partial charge in [0.2, 0.25) is 5.91 Å².